The Balaban J connectivity index is 1.74. The molecule has 0 unspecified atom stereocenters. The summed E-state index contributed by atoms with van der Waals surface area (Å²) in [6.07, 6.45) is 12.0. The summed E-state index contributed by atoms with van der Waals surface area (Å²) in [7, 11) is 0. The van der Waals surface area contributed by atoms with E-state index in [2.05, 4.69) is 57.4 Å². The molecule has 4 heteroatoms. The molecule has 0 spiro atoms. The molecule has 3 N–H and O–H groups in total. The van der Waals surface area contributed by atoms with Gasteiger partial charge in [-0.2, -0.15) is 0 Å². The van der Waals surface area contributed by atoms with E-state index in [-0.39, 0.29) is 5.41 Å². The fourth-order valence-corrected chi connectivity index (χ4v) is 6.14. The van der Waals surface area contributed by atoms with E-state index in [1.807, 2.05) is 13.8 Å². The molecule has 0 saturated heterocycles. The summed E-state index contributed by atoms with van der Waals surface area (Å²) in [6, 6.07) is 0. The third kappa shape index (κ3) is 5.60. The van der Waals surface area contributed by atoms with Gasteiger partial charge in [-0.15, -0.1) is 0 Å². The van der Waals surface area contributed by atoms with Gasteiger partial charge in [-0.05, 0) is 86.8 Å². The van der Waals surface area contributed by atoms with Gasteiger partial charge in [-0.25, -0.2) is 0 Å². The molecule has 3 aliphatic rings. The minimum atomic E-state index is -0.926. The lowest BCUT2D eigenvalue weighted by molar-refractivity contribution is 0.0101. The normalized spacial score (nSPS) is 32.4. The number of allylic oxidation sites excluding steroid dienone is 4. The lowest BCUT2D eigenvalue weighted by atomic mass is 9.62. The number of aliphatic hydroxyl groups is 3. The third-order valence-corrected chi connectivity index (χ3v) is 8.46. The number of rotatable bonds is 6. The second-order valence-corrected chi connectivity index (χ2v) is 11.1. The van der Waals surface area contributed by atoms with Crippen molar-refractivity contribution in [1.29, 1.82) is 0 Å². The quantitative estimate of drug-likeness (QED) is 0.361. The Labute approximate surface area is 206 Å². The Morgan fingerprint density at radius 2 is 1.94 bits per heavy atom. The van der Waals surface area contributed by atoms with Crippen LogP contribution < -0.4 is 0 Å². The van der Waals surface area contributed by atoms with Crippen molar-refractivity contribution in [2.75, 3.05) is 6.61 Å². The molecule has 2 fully saturated rings. The predicted octanol–water partition coefficient (Wildman–Crippen LogP) is 5.40. The van der Waals surface area contributed by atoms with Crippen molar-refractivity contribution in [2.45, 2.75) is 109 Å². The standard InChI is InChI=1S/C30H44O4/c1-7-30(33,8-2)17-10-18-34-28(4,5)27-15-14-25-22(11-9-16-29(25,27)6)12-13-23-19-24(31)20-26(32)21(23)3/h12-13,15,24-26,31-33H,3,7-9,11,14,16,18-20H2,1-2,4-6H3/b22-12+,23-13-/t24-,25+,26+,29+/m1/s1. The largest absolute Gasteiger partial charge is 0.393 e. The average molecular weight is 469 g/mol. The van der Waals surface area contributed by atoms with Gasteiger partial charge in [0.15, 0.2) is 0 Å². The van der Waals surface area contributed by atoms with Gasteiger partial charge in [0, 0.05) is 6.42 Å². The summed E-state index contributed by atoms with van der Waals surface area (Å²) in [6.45, 7) is 14.9. The Kier molecular flexibility index (Phi) is 8.36. The van der Waals surface area contributed by atoms with E-state index in [1.54, 1.807) is 0 Å². The second kappa shape index (κ2) is 10.5. The van der Waals surface area contributed by atoms with Crippen LogP contribution in [-0.2, 0) is 4.74 Å². The summed E-state index contributed by atoms with van der Waals surface area (Å²) in [5, 5.41) is 30.6. The summed E-state index contributed by atoms with van der Waals surface area (Å²) in [5.74, 6) is 6.47. The maximum absolute atomic E-state index is 10.4. The van der Waals surface area contributed by atoms with Crippen molar-refractivity contribution < 1.29 is 20.1 Å². The summed E-state index contributed by atoms with van der Waals surface area (Å²) >= 11 is 0. The highest BCUT2D eigenvalue weighted by atomic mass is 16.5. The molecule has 0 aliphatic heterocycles. The SMILES string of the molecule is C=C1/C(=C\C=C2/CCC[C@]3(C)C(C(C)(C)OCC#CC(O)(CC)CC)=CC[C@@H]23)C[C@@H](O)C[C@@H]1O. The Hall–Kier alpha value is -1.64. The fourth-order valence-electron chi connectivity index (χ4n) is 6.14. The van der Waals surface area contributed by atoms with E-state index >= 15 is 0 Å². The molecule has 0 aromatic heterocycles. The molecular weight excluding hydrogens is 424 g/mol. The van der Waals surface area contributed by atoms with Gasteiger partial charge in [-0.1, -0.05) is 63.0 Å². The molecule has 34 heavy (non-hydrogen) atoms. The van der Waals surface area contributed by atoms with Crippen LogP contribution in [0.4, 0.5) is 0 Å². The molecule has 0 heterocycles. The van der Waals surface area contributed by atoms with Gasteiger partial charge in [0.1, 0.15) is 12.2 Å². The summed E-state index contributed by atoms with van der Waals surface area (Å²) in [5.41, 5.74) is 3.15. The Morgan fingerprint density at radius 3 is 2.62 bits per heavy atom. The summed E-state index contributed by atoms with van der Waals surface area (Å²) in [4.78, 5) is 0. The van der Waals surface area contributed by atoms with E-state index in [4.69, 9.17) is 4.74 Å². The third-order valence-electron chi connectivity index (χ3n) is 8.46. The molecule has 188 valence electrons. The van der Waals surface area contributed by atoms with Gasteiger partial charge < -0.3 is 20.1 Å². The molecular formula is C30H44O4. The first kappa shape index (κ1) is 27.0. The first-order valence-electron chi connectivity index (χ1n) is 13.0. The molecule has 2 saturated carbocycles. The molecule has 3 aliphatic carbocycles. The van der Waals surface area contributed by atoms with Crippen LogP contribution >= 0.6 is 0 Å². The maximum Gasteiger partial charge on any atom is 0.125 e. The van der Waals surface area contributed by atoms with E-state index < -0.39 is 23.4 Å². The van der Waals surface area contributed by atoms with Crippen molar-refractivity contribution in [3.05, 3.63) is 47.1 Å². The van der Waals surface area contributed by atoms with Gasteiger partial charge in [0.25, 0.3) is 0 Å². The minimum Gasteiger partial charge on any atom is -0.393 e. The minimum absolute atomic E-state index is 0.0374. The average Bonchev–Trinajstić information content (AvgIpc) is 3.16. The van der Waals surface area contributed by atoms with E-state index in [1.165, 1.54) is 11.1 Å². The monoisotopic (exact) mass is 468 g/mol. The smallest absolute Gasteiger partial charge is 0.125 e. The predicted molar refractivity (Wildman–Crippen MR) is 138 cm³/mol. The topological polar surface area (TPSA) is 69.9 Å². The van der Waals surface area contributed by atoms with Gasteiger partial charge >= 0.3 is 0 Å². The number of aliphatic hydroxyl groups excluding tert-OH is 2. The highest BCUT2D eigenvalue weighted by molar-refractivity contribution is 5.41. The van der Waals surface area contributed by atoms with Gasteiger partial charge in [-0.3, -0.25) is 0 Å². The fraction of sp³-hybridized carbons (Fsp3) is 0.667. The highest BCUT2D eigenvalue weighted by Crippen LogP contribution is 2.57. The molecule has 0 amide bonds. The van der Waals surface area contributed by atoms with Crippen molar-refractivity contribution in [2.24, 2.45) is 11.3 Å². The second-order valence-electron chi connectivity index (χ2n) is 11.1. The van der Waals surface area contributed by atoms with Crippen LogP contribution in [0, 0.1) is 23.2 Å². The van der Waals surface area contributed by atoms with E-state index in [0.29, 0.717) is 38.2 Å². The molecule has 0 radical (unpaired) electrons. The lowest BCUT2D eigenvalue weighted by Crippen LogP contribution is -2.40. The van der Waals surface area contributed by atoms with Crippen LogP contribution in [0.1, 0.15) is 86.0 Å². The van der Waals surface area contributed by atoms with Gasteiger partial charge in [0.2, 0.25) is 0 Å². The van der Waals surface area contributed by atoms with Crippen molar-refractivity contribution in [1.82, 2.24) is 0 Å². The highest BCUT2D eigenvalue weighted by Gasteiger charge is 2.49. The van der Waals surface area contributed by atoms with Crippen molar-refractivity contribution >= 4 is 0 Å². The number of hydrogen-bond acceptors (Lipinski definition) is 4. The molecule has 4 atom stereocenters. The number of hydrogen-bond donors (Lipinski definition) is 3. The molecule has 0 bridgehead atoms. The Morgan fingerprint density at radius 1 is 1.24 bits per heavy atom. The zero-order chi connectivity index (χ0) is 25.1. The maximum atomic E-state index is 10.4. The van der Waals surface area contributed by atoms with Crippen molar-refractivity contribution in [3.8, 4) is 11.8 Å². The first-order valence-corrected chi connectivity index (χ1v) is 13.0. The molecule has 3 rings (SSSR count). The number of fused-ring (bicyclic) bond motifs is 1. The molecule has 4 nitrogen and oxygen atoms in total. The van der Waals surface area contributed by atoms with Crippen LogP contribution in [-0.4, -0.2) is 45.3 Å². The van der Waals surface area contributed by atoms with Gasteiger partial charge in [0.05, 0.1) is 17.8 Å². The van der Waals surface area contributed by atoms with Crippen LogP contribution in [0.25, 0.3) is 0 Å². The van der Waals surface area contributed by atoms with Crippen LogP contribution in [0.2, 0.25) is 0 Å². The lowest BCUT2D eigenvalue weighted by Gasteiger charge is -2.45. The zero-order valence-electron chi connectivity index (χ0n) is 21.8. The van der Waals surface area contributed by atoms with Crippen LogP contribution in [0.3, 0.4) is 0 Å². The van der Waals surface area contributed by atoms with Crippen LogP contribution in [0.15, 0.2) is 47.1 Å². The molecule has 0 aromatic rings. The first-order chi connectivity index (χ1) is 16.0. The van der Waals surface area contributed by atoms with Crippen LogP contribution in [0.5, 0.6) is 0 Å². The van der Waals surface area contributed by atoms with Crippen molar-refractivity contribution in [3.63, 3.8) is 0 Å². The Bertz CT molecular complexity index is 921. The summed E-state index contributed by atoms with van der Waals surface area (Å²) < 4.78 is 6.29. The zero-order valence-corrected chi connectivity index (χ0v) is 21.8. The van der Waals surface area contributed by atoms with E-state index in [9.17, 15) is 15.3 Å². The number of ether oxygens (including phenoxy) is 1. The molecule has 0 aromatic carbocycles. The van der Waals surface area contributed by atoms with E-state index in [0.717, 1.165) is 36.8 Å².